The maximum absolute atomic E-state index is 11.4. The van der Waals surface area contributed by atoms with Crippen molar-refractivity contribution in [1.29, 1.82) is 0 Å². The van der Waals surface area contributed by atoms with Gasteiger partial charge < -0.3 is 4.90 Å². The van der Waals surface area contributed by atoms with Crippen molar-refractivity contribution in [3.8, 4) is 10.7 Å². The molecule has 0 bridgehead atoms. The first kappa shape index (κ1) is 15.1. The SMILES string of the molecule is CC(=O)N1CCC(Cc2cc(-c3nc(C)cs3)ncn2)CC1. The number of likely N-dealkylation sites (tertiary alicyclic amines) is 1. The number of amides is 1. The zero-order chi connectivity index (χ0) is 15.5. The molecule has 0 radical (unpaired) electrons. The van der Waals surface area contributed by atoms with E-state index < -0.39 is 0 Å². The summed E-state index contributed by atoms with van der Waals surface area (Å²) in [7, 11) is 0. The predicted molar refractivity (Wildman–Crippen MR) is 86.6 cm³/mol. The van der Waals surface area contributed by atoms with E-state index in [-0.39, 0.29) is 5.91 Å². The summed E-state index contributed by atoms with van der Waals surface area (Å²) < 4.78 is 0. The molecule has 22 heavy (non-hydrogen) atoms. The fourth-order valence-electron chi connectivity index (χ4n) is 2.85. The van der Waals surface area contributed by atoms with Gasteiger partial charge in [-0.15, -0.1) is 11.3 Å². The second-order valence-electron chi connectivity index (χ2n) is 5.84. The van der Waals surface area contributed by atoms with Crippen LogP contribution in [-0.2, 0) is 11.2 Å². The van der Waals surface area contributed by atoms with Crippen LogP contribution in [-0.4, -0.2) is 38.8 Å². The van der Waals surface area contributed by atoms with Gasteiger partial charge in [0.25, 0.3) is 0 Å². The number of piperidine rings is 1. The van der Waals surface area contributed by atoms with Gasteiger partial charge in [0.15, 0.2) is 0 Å². The molecule has 3 rings (SSSR count). The third-order valence-corrected chi connectivity index (χ3v) is 5.10. The van der Waals surface area contributed by atoms with Gasteiger partial charge in [-0.2, -0.15) is 0 Å². The molecule has 0 aromatic carbocycles. The van der Waals surface area contributed by atoms with E-state index in [4.69, 9.17) is 0 Å². The third kappa shape index (κ3) is 3.50. The quantitative estimate of drug-likeness (QED) is 0.873. The highest BCUT2D eigenvalue weighted by Crippen LogP contribution is 2.24. The van der Waals surface area contributed by atoms with Crippen molar-refractivity contribution in [2.24, 2.45) is 5.92 Å². The van der Waals surface area contributed by atoms with Gasteiger partial charge in [-0.1, -0.05) is 0 Å². The van der Waals surface area contributed by atoms with Crippen LogP contribution in [0.5, 0.6) is 0 Å². The number of aromatic nitrogens is 3. The Morgan fingerprint density at radius 2 is 2.14 bits per heavy atom. The lowest BCUT2D eigenvalue weighted by Gasteiger charge is -2.31. The van der Waals surface area contributed by atoms with E-state index in [1.807, 2.05) is 17.2 Å². The smallest absolute Gasteiger partial charge is 0.219 e. The van der Waals surface area contributed by atoms with Crippen LogP contribution in [0.15, 0.2) is 17.8 Å². The summed E-state index contributed by atoms with van der Waals surface area (Å²) in [6, 6.07) is 2.05. The first-order valence-corrected chi connectivity index (χ1v) is 8.48. The van der Waals surface area contributed by atoms with E-state index in [0.717, 1.165) is 54.4 Å². The molecular weight excluding hydrogens is 296 g/mol. The summed E-state index contributed by atoms with van der Waals surface area (Å²) in [6.45, 7) is 5.37. The van der Waals surface area contributed by atoms with Gasteiger partial charge in [0.05, 0.1) is 0 Å². The number of hydrogen-bond acceptors (Lipinski definition) is 5. The summed E-state index contributed by atoms with van der Waals surface area (Å²) in [5, 5.41) is 2.99. The number of carbonyl (C=O) groups is 1. The Morgan fingerprint density at radius 1 is 1.36 bits per heavy atom. The molecule has 1 amide bonds. The van der Waals surface area contributed by atoms with Crippen LogP contribution in [0.2, 0.25) is 0 Å². The Labute approximate surface area is 134 Å². The zero-order valence-electron chi connectivity index (χ0n) is 13.0. The summed E-state index contributed by atoms with van der Waals surface area (Å²) in [4.78, 5) is 26.5. The summed E-state index contributed by atoms with van der Waals surface area (Å²) >= 11 is 1.62. The normalized spacial score (nSPS) is 16.0. The predicted octanol–water partition coefficient (Wildman–Crippen LogP) is 2.71. The first-order chi connectivity index (χ1) is 10.6. The van der Waals surface area contributed by atoms with Gasteiger partial charge in [-0.25, -0.2) is 15.0 Å². The second-order valence-corrected chi connectivity index (χ2v) is 6.70. The van der Waals surface area contributed by atoms with E-state index in [1.165, 1.54) is 0 Å². The van der Waals surface area contributed by atoms with Crippen molar-refractivity contribution in [2.45, 2.75) is 33.1 Å². The molecule has 3 heterocycles. The molecule has 0 N–H and O–H groups in total. The Bertz CT molecular complexity index is 662. The summed E-state index contributed by atoms with van der Waals surface area (Å²) in [5.41, 5.74) is 3.00. The second kappa shape index (κ2) is 6.52. The molecule has 2 aromatic rings. The van der Waals surface area contributed by atoms with Crippen LogP contribution in [0.1, 0.15) is 31.2 Å². The van der Waals surface area contributed by atoms with Gasteiger partial charge >= 0.3 is 0 Å². The molecule has 116 valence electrons. The molecule has 1 saturated heterocycles. The maximum atomic E-state index is 11.4. The molecule has 5 nitrogen and oxygen atoms in total. The van der Waals surface area contributed by atoms with Crippen LogP contribution in [0.3, 0.4) is 0 Å². The monoisotopic (exact) mass is 316 g/mol. The van der Waals surface area contributed by atoms with Gasteiger partial charge in [0, 0.05) is 36.8 Å². The van der Waals surface area contributed by atoms with Crippen molar-refractivity contribution in [3.05, 3.63) is 29.2 Å². The first-order valence-electron chi connectivity index (χ1n) is 7.61. The lowest BCUT2D eigenvalue weighted by atomic mass is 9.92. The van der Waals surface area contributed by atoms with Crippen molar-refractivity contribution < 1.29 is 4.79 Å². The Morgan fingerprint density at radius 3 is 2.77 bits per heavy atom. The van der Waals surface area contributed by atoms with Crippen LogP contribution in [0.25, 0.3) is 10.7 Å². The zero-order valence-corrected chi connectivity index (χ0v) is 13.8. The van der Waals surface area contributed by atoms with E-state index in [9.17, 15) is 4.79 Å². The molecule has 1 fully saturated rings. The largest absolute Gasteiger partial charge is 0.343 e. The average Bonchev–Trinajstić information content (AvgIpc) is 2.95. The van der Waals surface area contributed by atoms with Crippen molar-refractivity contribution in [2.75, 3.05) is 13.1 Å². The molecule has 1 aliphatic rings. The highest BCUT2D eigenvalue weighted by Gasteiger charge is 2.21. The number of carbonyl (C=O) groups excluding carboxylic acids is 1. The fraction of sp³-hybridized carbons (Fsp3) is 0.500. The summed E-state index contributed by atoms with van der Waals surface area (Å²) in [5.74, 6) is 0.776. The number of nitrogens with zero attached hydrogens (tertiary/aromatic N) is 4. The number of thiazole rings is 1. The third-order valence-electron chi connectivity index (χ3n) is 4.12. The molecule has 0 spiro atoms. The van der Waals surface area contributed by atoms with Crippen LogP contribution >= 0.6 is 11.3 Å². The van der Waals surface area contributed by atoms with Gasteiger partial charge in [0.1, 0.15) is 17.0 Å². The van der Waals surface area contributed by atoms with Crippen LogP contribution < -0.4 is 0 Å². The molecule has 0 saturated carbocycles. The minimum atomic E-state index is 0.182. The Balaban J connectivity index is 1.65. The minimum absolute atomic E-state index is 0.182. The fourth-order valence-corrected chi connectivity index (χ4v) is 3.61. The van der Waals surface area contributed by atoms with E-state index in [2.05, 4.69) is 21.0 Å². The lowest BCUT2D eigenvalue weighted by Crippen LogP contribution is -2.37. The number of rotatable bonds is 3. The molecule has 6 heteroatoms. The van der Waals surface area contributed by atoms with Gasteiger partial charge in [-0.3, -0.25) is 4.79 Å². The highest BCUT2D eigenvalue weighted by molar-refractivity contribution is 7.13. The Hall–Kier alpha value is -1.82. The van der Waals surface area contributed by atoms with E-state index >= 15 is 0 Å². The van der Waals surface area contributed by atoms with E-state index in [0.29, 0.717) is 5.92 Å². The molecule has 0 unspecified atom stereocenters. The topological polar surface area (TPSA) is 59.0 Å². The van der Waals surface area contributed by atoms with Crippen LogP contribution in [0, 0.1) is 12.8 Å². The minimum Gasteiger partial charge on any atom is -0.343 e. The van der Waals surface area contributed by atoms with Crippen molar-refractivity contribution in [3.63, 3.8) is 0 Å². The molecular formula is C16H20N4OS. The van der Waals surface area contributed by atoms with Gasteiger partial charge in [0.2, 0.25) is 5.91 Å². The van der Waals surface area contributed by atoms with Gasteiger partial charge in [-0.05, 0) is 38.2 Å². The van der Waals surface area contributed by atoms with E-state index in [1.54, 1.807) is 24.6 Å². The summed E-state index contributed by atoms with van der Waals surface area (Å²) in [6.07, 6.45) is 4.68. The maximum Gasteiger partial charge on any atom is 0.219 e. The van der Waals surface area contributed by atoms with Crippen molar-refractivity contribution >= 4 is 17.2 Å². The number of aryl methyl sites for hydroxylation is 1. The Kier molecular flexibility index (Phi) is 4.47. The average molecular weight is 316 g/mol. The van der Waals surface area contributed by atoms with Crippen molar-refractivity contribution in [1.82, 2.24) is 19.9 Å². The standard InChI is InChI=1S/C16H20N4OS/c1-11-9-22-16(19-11)15-8-14(17-10-18-15)7-13-3-5-20(6-4-13)12(2)21/h8-10,13H,3-7H2,1-2H3. The lowest BCUT2D eigenvalue weighted by molar-refractivity contribution is -0.130. The highest BCUT2D eigenvalue weighted by atomic mass is 32.1. The molecule has 1 aliphatic heterocycles. The van der Waals surface area contributed by atoms with Crippen LogP contribution in [0.4, 0.5) is 0 Å². The molecule has 0 atom stereocenters. The molecule has 0 aliphatic carbocycles. The number of hydrogen-bond donors (Lipinski definition) is 0. The molecule has 2 aromatic heterocycles.